The maximum atomic E-state index is 12.2. The third-order valence-corrected chi connectivity index (χ3v) is 4.30. The fourth-order valence-corrected chi connectivity index (χ4v) is 2.87. The van der Waals surface area contributed by atoms with Gasteiger partial charge in [0.25, 0.3) is 11.1 Å². The highest BCUT2D eigenvalue weighted by Gasteiger charge is 2.14. The monoisotopic (exact) mass is 391 g/mol. The fourth-order valence-electron chi connectivity index (χ4n) is 2.87. The second kappa shape index (κ2) is 7.59. The molecule has 0 amide bonds. The number of carbonyl (C=O) groups is 1. The number of aromatic nitrogens is 3. The summed E-state index contributed by atoms with van der Waals surface area (Å²) in [5, 5.41) is 0. The van der Waals surface area contributed by atoms with Gasteiger partial charge in [-0.25, -0.2) is 9.78 Å². The summed E-state index contributed by atoms with van der Waals surface area (Å²) in [6.45, 7) is 1.93. The smallest absolute Gasteiger partial charge is 0.374 e. The summed E-state index contributed by atoms with van der Waals surface area (Å²) in [4.78, 5) is 40.5. The Hall–Kier alpha value is -3.94. The van der Waals surface area contributed by atoms with E-state index in [0.717, 1.165) is 5.56 Å². The van der Waals surface area contributed by atoms with E-state index in [1.165, 1.54) is 27.2 Å². The molecule has 0 atom stereocenters. The van der Waals surface area contributed by atoms with Crippen molar-refractivity contribution in [1.82, 2.24) is 14.0 Å². The zero-order valence-electron chi connectivity index (χ0n) is 15.6. The fraction of sp³-hybridized carbons (Fsp3) is 0.143. The molecule has 0 fully saturated rings. The summed E-state index contributed by atoms with van der Waals surface area (Å²) >= 11 is 0. The molecule has 4 aromatic rings. The van der Waals surface area contributed by atoms with Crippen LogP contribution in [-0.2, 0) is 17.9 Å². The standard InChI is InChI=1S/C21H17N3O5/c1-14-5-8-18-22-15(10-20(26)24(18)11-14)13-28-21(27)17-7-6-16(29-17)12-23-9-3-2-4-19(23)25/h2-11H,12-13H2,1H3. The van der Waals surface area contributed by atoms with Crippen LogP contribution in [-0.4, -0.2) is 19.9 Å². The number of aryl methyl sites for hydroxylation is 1. The van der Waals surface area contributed by atoms with Gasteiger partial charge in [0.1, 0.15) is 18.0 Å². The topological polar surface area (TPSA) is 95.8 Å². The lowest BCUT2D eigenvalue weighted by molar-refractivity contribution is 0.0429. The predicted octanol–water partition coefficient (Wildman–Crippen LogP) is 2.16. The number of nitrogens with zero attached hydrogens (tertiary/aromatic N) is 3. The second-order valence-electron chi connectivity index (χ2n) is 6.53. The van der Waals surface area contributed by atoms with Crippen LogP contribution in [0.1, 0.15) is 27.6 Å². The maximum Gasteiger partial charge on any atom is 0.374 e. The van der Waals surface area contributed by atoms with Crippen molar-refractivity contribution in [2.24, 2.45) is 0 Å². The van der Waals surface area contributed by atoms with Crippen LogP contribution >= 0.6 is 0 Å². The van der Waals surface area contributed by atoms with Gasteiger partial charge >= 0.3 is 5.97 Å². The molecule has 4 heterocycles. The lowest BCUT2D eigenvalue weighted by atomic mass is 10.3. The van der Waals surface area contributed by atoms with Gasteiger partial charge in [-0.05, 0) is 36.8 Å². The molecule has 0 aliphatic carbocycles. The molecule has 0 aliphatic heterocycles. The molecule has 4 rings (SSSR count). The maximum absolute atomic E-state index is 12.2. The van der Waals surface area contributed by atoms with Crippen molar-refractivity contribution in [3.63, 3.8) is 0 Å². The van der Waals surface area contributed by atoms with Gasteiger partial charge in [-0.1, -0.05) is 12.1 Å². The van der Waals surface area contributed by atoms with Gasteiger partial charge < -0.3 is 13.7 Å². The van der Waals surface area contributed by atoms with Crippen molar-refractivity contribution < 1.29 is 13.9 Å². The van der Waals surface area contributed by atoms with E-state index in [1.807, 2.05) is 13.0 Å². The number of fused-ring (bicyclic) bond motifs is 1. The van der Waals surface area contributed by atoms with E-state index < -0.39 is 5.97 Å². The molecule has 0 radical (unpaired) electrons. The van der Waals surface area contributed by atoms with Gasteiger partial charge in [-0.15, -0.1) is 0 Å². The Morgan fingerprint density at radius 2 is 1.97 bits per heavy atom. The van der Waals surface area contributed by atoms with Crippen LogP contribution in [0.4, 0.5) is 0 Å². The zero-order chi connectivity index (χ0) is 20.4. The molecule has 0 spiro atoms. The van der Waals surface area contributed by atoms with E-state index in [-0.39, 0.29) is 30.0 Å². The Labute approximate surface area is 164 Å². The van der Waals surface area contributed by atoms with Crippen LogP contribution < -0.4 is 11.1 Å². The van der Waals surface area contributed by atoms with Crippen LogP contribution in [0.3, 0.4) is 0 Å². The van der Waals surface area contributed by atoms with Crippen molar-refractivity contribution in [2.75, 3.05) is 0 Å². The molecule has 0 bridgehead atoms. The molecule has 29 heavy (non-hydrogen) atoms. The quantitative estimate of drug-likeness (QED) is 0.484. The van der Waals surface area contributed by atoms with E-state index >= 15 is 0 Å². The Kier molecular flexibility index (Phi) is 4.82. The molecule has 4 aromatic heterocycles. The number of hydrogen-bond acceptors (Lipinski definition) is 6. The average Bonchev–Trinajstić information content (AvgIpc) is 3.17. The number of carbonyl (C=O) groups excluding carboxylic acids is 1. The minimum atomic E-state index is -0.678. The lowest BCUT2D eigenvalue weighted by Crippen LogP contribution is -2.18. The highest BCUT2D eigenvalue weighted by molar-refractivity contribution is 5.86. The van der Waals surface area contributed by atoms with Crippen molar-refractivity contribution in [2.45, 2.75) is 20.1 Å². The van der Waals surface area contributed by atoms with E-state index in [2.05, 4.69) is 4.98 Å². The van der Waals surface area contributed by atoms with Crippen LogP contribution in [0.2, 0.25) is 0 Å². The number of furan rings is 1. The molecular weight excluding hydrogens is 374 g/mol. The van der Waals surface area contributed by atoms with Crippen molar-refractivity contribution in [3.8, 4) is 0 Å². The Morgan fingerprint density at radius 3 is 2.79 bits per heavy atom. The van der Waals surface area contributed by atoms with Gasteiger partial charge in [0.05, 0.1) is 12.2 Å². The van der Waals surface area contributed by atoms with Gasteiger partial charge in [-0.2, -0.15) is 0 Å². The second-order valence-corrected chi connectivity index (χ2v) is 6.53. The van der Waals surface area contributed by atoms with E-state index in [0.29, 0.717) is 17.1 Å². The third kappa shape index (κ3) is 4.01. The SMILES string of the molecule is Cc1ccc2nc(COC(=O)c3ccc(Cn4ccccc4=O)o3)cc(=O)n2c1. The largest absolute Gasteiger partial charge is 0.453 e. The number of pyridine rings is 2. The van der Waals surface area contributed by atoms with Gasteiger partial charge in [0.2, 0.25) is 5.76 Å². The van der Waals surface area contributed by atoms with Crippen molar-refractivity contribution in [3.05, 3.63) is 104 Å². The van der Waals surface area contributed by atoms with Crippen LogP contribution in [0.5, 0.6) is 0 Å². The van der Waals surface area contributed by atoms with Crippen molar-refractivity contribution >= 4 is 11.6 Å². The van der Waals surface area contributed by atoms with E-state index in [4.69, 9.17) is 9.15 Å². The molecule has 0 unspecified atom stereocenters. The first kappa shape index (κ1) is 18.4. The number of hydrogen-bond donors (Lipinski definition) is 0. The van der Waals surface area contributed by atoms with E-state index in [9.17, 15) is 14.4 Å². The van der Waals surface area contributed by atoms with E-state index in [1.54, 1.807) is 36.7 Å². The lowest BCUT2D eigenvalue weighted by Gasteiger charge is -2.06. The first-order valence-corrected chi connectivity index (χ1v) is 8.90. The molecule has 0 aliphatic rings. The molecule has 0 saturated carbocycles. The number of esters is 1. The minimum absolute atomic E-state index is 0.0112. The molecule has 8 heteroatoms. The highest BCUT2D eigenvalue weighted by atomic mass is 16.5. The Balaban J connectivity index is 1.45. The minimum Gasteiger partial charge on any atom is -0.453 e. The number of rotatable bonds is 5. The summed E-state index contributed by atoms with van der Waals surface area (Å²) < 4.78 is 13.6. The summed E-state index contributed by atoms with van der Waals surface area (Å²) in [5.74, 6) is -0.220. The molecule has 146 valence electrons. The Morgan fingerprint density at radius 1 is 1.10 bits per heavy atom. The highest BCUT2D eigenvalue weighted by Crippen LogP contribution is 2.11. The normalized spacial score (nSPS) is 10.9. The molecular formula is C21H17N3O5. The van der Waals surface area contributed by atoms with Gasteiger partial charge in [0.15, 0.2) is 0 Å². The molecule has 0 aromatic carbocycles. The predicted molar refractivity (Wildman–Crippen MR) is 104 cm³/mol. The van der Waals surface area contributed by atoms with Gasteiger partial charge in [0, 0.05) is 24.5 Å². The summed E-state index contributed by atoms with van der Waals surface area (Å²) in [7, 11) is 0. The van der Waals surface area contributed by atoms with Crippen LogP contribution in [0.15, 0.2) is 74.9 Å². The zero-order valence-corrected chi connectivity index (χ0v) is 15.6. The van der Waals surface area contributed by atoms with Crippen LogP contribution in [0.25, 0.3) is 5.65 Å². The third-order valence-electron chi connectivity index (χ3n) is 4.30. The first-order chi connectivity index (χ1) is 14.0. The Bertz CT molecular complexity index is 1320. The molecule has 0 N–H and O–H groups in total. The summed E-state index contributed by atoms with van der Waals surface area (Å²) in [5.41, 5.74) is 1.33. The van der Waals surface area contributed by atoms with Crippen molar-refractivity contribution in [1.29, 1.82) is 0 Å². The van der Waals surface area contributed by atoms with Gasteiger partial charge in [-0.3, -0.25) is 14.0 Å². The number of ether oxygens (including phenoxy) is 1. The summed E-state index contributed by atoms with van der Waals surface area (Å²) in [6.07, 6.45) is 3.33. The average molecular weight is 391 g/mol. The summed E-state index contributed by atoms with van der Waals surface area (Å²) in [6, 6.07) is 12.8. The van der Waals surface area contributed by atoms with Crippen LogP contribution in [0, 0.1) is 6.92 Å². The molecule has 8 nitrogen and oxygen atoms in total. The first-order valence-electron chi connectivity index (χ1n) is 8.90. The molecule has 0 saturated heterocycles.